The van der Waals surface area contributed by atoms with Gasteiger partial charge in [0.05, 0.1) is 18.6 Å². The molecule has 2 aromatic rings. The van der Waals surface area contributed by atoms with Gasteiger partial charge < -0.3 is 14.6 Å². The number of rotatable bonds is 5. The molecule has 3 heterocycles. The van der Waals surface area contributed by atoms with Gasteiger partial charge in [-0.1, -0.05) is 23.9 Å². The first-order chi connectivity index (χ1) is 14.5. The monoisotopic (exact) mass is 427 g/mol. The Labute approximate surface area is 177 Å². The van der Waals surface area contributed by atoms with E-state index in [1.807, 2.05) is 0 Å². The first-order valence-electron chi connectivity index (χ1n) is 9.74. The van der Waals surface area contributed by atoms with Crippen LogP contribution >= 0.6 is 11.8 Å². The molecular weight excluding hydrogens is 406 g/mol. The van der Waals surface area contributed by atoms with E-state index in [1.54, 1.807) is 41.3 Å². The van der Waals surface area contributed by atoms with Crippen LogP contribution < -0.4 is 5.32 Å². The van der Waals surface area contributed by atoms with Crippen molar-refractivity contribution < 1.29 is 23.6 Å². The smallest absolute Gasteiger partial charge is 0.290 e. The van der Waals surface area contributed by atoms with Crippen LogP contribution in [0.3, 0.4) is 0 Å². The normalized spacial score (nSPS) is 19.3. The number of imide groups is 1. The standard InChI is InChI=1S/C21H21N3O5S/c25-18-13-30-21(28)24(18)12-14-6-8-15(9-7-14)22-19(26)16-4-1-2-10-23(16)20(27)17-5-3-11-29-17/h3,5-9,11,16H,1-2,4,10,12-13H2,(H,22,26). The number of piperidine rings is 1. The molecule has 0 aliphatic carbocycles. The average molecular weight is 427 g/mol. The zero-order valence-corrected chi connectivity index (χ0v) is 17.0. The molecule has 0 spiro atoms. The maximum Gasteiger partial charge on any atom is 0.290 e. The van der Waals surface area contributed by atoms with Gasteiger partial charge in [-0.2, -0.15) is 0 Å². The summed E-state index contributed by atoms with van der Waals surface area (Å²) in [7, 11) is 0. The molecule has 2 saturated heterocycles. The minimum atomic E-state index is -0.562. The van der Waals surface area contributed by atoms with Gasteiger partial charge >= 0.3 is 0 Å². The summed E-state index contributed by atoms with van der Waals surface area (Å²) in [5.41, 5.74) is 1.39. The number of amides is 4. The van der Waals surface area contributed by atoms with Crippen molar-refractivity contribution in [2.75, 3.05) is 17.6 Å². The van der Waals surface area contributed by atoms with Crippen molar-refractivity contribution in [3.63, 3.8) is 0 Å². The number of thioether (sulfide) groups is 1. The van der Waals surface area contributed by atoms with Crippen molar-refractivity contribution in [2.24, 2.45) is 0 Å². The molecule has 1 N–H and O–H groups in total. The molecule has 8 nitrogen and oxygen atoms in total. The van der Waals surface area contributed by atoms with E-state index < -0.39 is 6.04 Å². The molecule has 2 aliphatic rings. The van der Waals surface area contributed by atoms with Crippen LogP contribution in [0.25, 0.3) is 0 Å². The second-order valence-electron chi connectivity index (χ2n) is 7.21. The summed E-state index contributed by atoms with van der Waals surface area (Å²) < 4.78 is 5.20. The van der Waals surface area contributed by atoms with Crippen LogP contribution in [0, 0.1) is 0 Å². The molecular formula is C21H21N3O5S. The molecule has 0 saturated carbocycles. The Morgan fingerprint density at radius 1 is 1.13 bits per heavy atom. The number of nitrogens with zero attached hydrogens (tertiary/aromatic N) is 2. The largest absolute Gasteiger partial charge is 0.459 e. The lowest BCUT2D eigenvalue weighted by Crippen LogP contribution is -2.49. The predicted molar refractivity (Wildman–Crippen MR) is 111 cm³/mol. The number of carbonyl (C=O) groups is 4. The molecule has 1 atom stereocenters. The number of hydrogen-bond donors (Lipinski definition) is 1. The van der Waals surface area contributed by atoms with E-state index in [9.17, 15) is 19.2 Å². The molecule has 1 aromatic heterocycles. The molecule has 0 bridgehead atoms. The summed E-state index contributed by atoms with van der Waals surface area (Å²) >= 11 is 1.00. The van der Waals surface area contributed by atoms with Crippen LogP contribution in [0.1, 0.15) is 35.4 Å². The summed E-state index contributed by atoms with van der Waals surface area (Å²) in [6, 6.07) is 9.68. The first kappa shape index (κ1) is 20.2. The van der Waals surface area contributed by atoms with Crippen molar-refractivity contribution in [2.45, 2.75) is 31.8 Å². The van der Waals surface area contributed by atoms with Crippen molar-refractivity contribution >= 4 is 40.4 Å². The van der Waals surface area contributed by atoms with Gasteiger partial charge in [0.2, 0.25) is 11.8 Å². The summed E-state index contributed by atoms with van der Waals surface area (Å²) in [6.45, 7) is 0.722. The fraction of sp³-hybridized carbons (Fsp3) is 0.333. The SMILES string of the molecule is O=C(Nc1ccc(CN2C(=O)CSC2=O)cc1)C1CCCCN1C(=O)c1ccco1. The van der Waals surface area contributed by atoms with Crippen LogP contribution in [0.15, 0.2) is 47.1 Å². The minimum Gasteiger partial charge on any atom is -0.459 e. The Morgan fingerprint density at radius 3 is 2.60 bits per heavy atom. The third-order valence-electron chi connectivity index (χ3n) is 5.20. The first-order valence-corrected chi connectivity index (χ1v) is 10.7. The van der Waals surface area contributed by atoms with E-state index in [0.717, 1.165) is 30.2 Å². The topological polar surface area (TPSA) is 99.9 Å². The molecule has 2 fully saturated rings. The number of likely N-dealkylation sites (tertiary alicyclic amines) is 1. The van der Waals surface area contributed by atoms with Crippen LogP contribution in [0.2, 0.25) is 0 Å². The van der Waals surface area contributed by atoms with E-state index in [1.165, 1.54) is 11.2 Å². The predicted octanol–water partition coefficient (Wildman–Crippen LogP) is 3.11. The van der Waals surface area contributed by atoms with Gasteiger partial charge in [0.25, 0.3) is 11.1 Å². The summed E-state index contributed by atoms with van der Waals surface area (Å²) in [6.07, 6.45) is 3.75. The van der Waals surface area contributed by atoms with Gasteiger partial charge in [0, 0.05) is 12.2 Å². The van der Waals surface area contributed by atoms with Gasteiger partial charge in [-0.15, -0.1) is 0 Å². The van der Waals surface area contributed by atoms with Gasteiger partial charge in [-0.3, -0.25) is 24.1 Å². The Morgan fingerprint density at radius 2 is 1.93 bits per heavy atom. The van der Waals surface area contributed by atoms with Gasteiger partial charge in [0.15, 0.2) is 5.76 Å². The van der Waals surface area contributed by atoms with E-state index in [-0.39, 0.29) is 41.0 Å². The Hall–Kier alpha value is -3.07. The maximum absolute atomic E-state index is 12.9. The van der Waals surface area contributed by atoms with Crippen molar-refractivity contribution in [1.82, 2.24) is 9.80 Å². The van der Waals surface area contributed by atoms with Crippen molar-refractivity contribution in [3.8, 4) is 0 Å². The van der Waals surface area contributed by atoms with Crippen molar-refractivity contribution in [3.05, 3.63) is 54.0 Å². The molecule has 156 valence electrons. The quantitative estimate of drug-likeness (QED) is 0.787. The number of benzene rings is 1. The molecule has 4 rings (SSSR count). The molecule has 2 aliphatic heterocycles. The zero-order valence-electron chi connectivity index (χ0n) is 16.2. The Bertz CT molecular complexity index is 942. The average Bonchev–Trinajstić information content (AvgIpc) is 3.41. The molecule has 1 aromatic carbocycles. The van der Waals surface area contributed by atoms with Gasteiger partial charge in [0.1, 0.15) is 6.04 Å². The second-order valence-corrected chi connectivity index (χ2v) is 8.13. The number of carbonyl (C=O) groups excluding carboxylic acids is 4. The number of nitrogens with one attached hydrogen (secondary N) is 1. The highest BCUT2D eigenvalue weighted by molar-refractivity contribution is 8.14. The van der Waals surface area contributed by atoms with Crippen LogP contribution in [0.4, 0.5) is 10.5 Å². The molecule has 0 radical (unpaired) electrons. The van der Waals surface area contributed by atoms with E-state index >= 15 is 0 Å². The van der Waals surface area contributed by atoms with Crippen LogP contribution in [-0.4, -0.2) is 51.1 Å². The molecule has 30 heavy (non-hydrogen) atoms. The third-order valence-corrected chi connectivity index (χ3v) is 6.06. The molecule has 9 heteroatoms. The number of furan rings is 1. The second kappa shape index (κ2) is 8.74. The lowest BCUT2D eigenvalue weighted by atomic mass is 10.0. The zero-order chi connectivity index (χ0) is 21.1. The maximum atomic E-state index is 12.9. The lowest BCUT2D eigenvalue weighted by Gasteiger charge is -2.34. The Balaban J connectivity index is 1.40. The van der Waals surface area contributed by atoms with Crippen LogP contribution in [-0.2, 0) is 16.1 Å². The fourth-order valence-electron chi connectivity index (χ4n) is 3.62. The summed E-state index contributed by atoms with van der Waals surface area (Å²) in [5, 5.41) is 2.63. The highest BCUT2D eigenvalue weighted by Crippen LogP contribution is 2.23. The van der Waals surface area contributed by atoms with E-state index in [4.69, 9.17) is 4.42 Å². The number of anilines is 1. The summed E-state index contributed by atoms with van der Waals surface area (Å²) in [4.78, 5) is 51.8. The van der Waals surface area contributed by atoms with E-state index in [0.29, 0.717) is 18.7 Å². The molecule has 1 unspecified atom stereocenters. The third kappa shape index (κ3) is 4.25. The fourth-order valence-corrected chi connectivity index (χ4v) is 4.35. The lowest BCUT2D eigenvalue weighted by molar-refractivity contribution is -0.125. The highest BCUT2D eigenvalue weighted by Gasteiger charge is 2.34. The Kier molecular flexibility index (Phi) is 5.89. The van der Waals surface area contributed by atoms with Gasteiger partial charge in [-0.25, -0.2) is 0 Å². The summed E-state index contributed by atoms with van der Waals surface area (Å²) in [5.74, 6) is -0.317. The number of hydrogen-bond acceptors (Lipinski definition) is 6. The van der Waals surface area contributed by atoms with Crippen molar-refractivity contribution in [1.29, 1.82) is 0 Å². The minimum absolute atomic E-state index is 0.182. The van der Waals surface area contributed by atoms with E-state index in [2.05, 4.69) is 5.32 Å². The van der Waals surface area contributed by atoms with Crippen LogP contribution in [0.5, 0.6) is 0 Å². The highest BCUT2D eigenvalue weighted by atomic mass is 32.2. The molecule has 4 amide bonds. The van der Waals surface area contributed by atoms with Gasteiger partial charge in [-0.05, 0) is 49.1 Å².